The Kier molecular flexibility index (Phi) is 6.52. The van der Waals surface area contributed by atoms with Crippen molar-refractivity contribution in [2.45, 2.75) is 50.0 Å². The largest absolute Gasteiger partial charge is 0.482 e. The molecular formula is C46H39NO. The molecule has 5 aromatic rings. The van der Waals surface area contributed by atoms with Crippen LogP contribution in [0, 0.1) is 0 Å². The monoisotopic (exact) mass is 621 g/mol. The van der Waals surface area contributed by atoms with E-state index < -0.39 is 0 Å². The lowest BCUT2D eigenvalue weighted by molar-refractivity contribution is 0.156. The van der Waals surface area contributed by atoms with Gasteiger partial charge >= 0.3 is 0 Å². The van der Waals surface area contributed by atoms with E-state index in [0.29, 0.717) is 5.92 Å². The zero-order chi connectivity index (χ0) is 32.5. The van der Waals surface area contributed by atoms with Gasteiger partial charge in [0.1, 0.15) is 11.4 Å². The molecule has 3 aliphatic carbocycles. The highest BCUT2D eigenvalue weighted by Crippen LogP contribution is 2.54. The van der Waals surface area contributed by atoms with E-state index in [1.165, 1.54) is 39.1 Å². The molecular weight excluding hydrogens is 583 g/mol. The van der Waals surface area contributed by atoms with E-state index in [1.54, 1.807) is 0 Å². The fourth-order valence-electron chi connectivity index (χ4n) is 8.47. The molecule has 0 radical (unpaired) electrons. The molecule has 0 saturated heterocycles. The highest BCUT2D eigenvalue weighted by atomic mass is 16.5. The summed E-state index contributed by atoms with van der Waals surface area (Å²) < 4.78 is 6.87. The Hall–Kier alpha value is -5.34. The summed E-state index contributed by atoms with van der Waals surface area (Å²) in [5, 5.41) is 0. The molecule has 0 fully saturated rings. The zero-order valence-corrected chi connectivity index (χ0v) is 27.7. The second kappa shape index (κ2) is 10.9. The van der Waals surface area contributed by atoms with Gasteiger partial charge in [0, 0.05) is 45.3 Å². The maximum absolute atomic E-state index is 6.87. The summed E-state index contributed by atoms with van der Waals surface area (Å²) in [7, 11) is 0. The number of hydrogen-bond donors (Lipinski definition) is 0. The predicted molar refractivity (Wildman–Crippen MR) is 199 cm³/mol. The molecule has 1 heterocycles. The average molecular weight is 622 g/mol. The number of fused-ring (bicyclic) bond motifs is 6. The second-order valence-electron chi connectivity index (χ2n) is 14.2. The van der Waals surface area contributed by atoms with Crippen molar-refractivity contribution in [3.8, 4) is 28.0 Å². The van der Waals surface area contributed by atoms with Crippen LogP contribution in [-0.4, -0.2) is 5.60 Å². The summed E-state index contributed by atoms with van der Waals surface area (Å²) in [4.78, 5) is 2.46. The van der Waals surface area contributed by atoms with Crippen molar-refractivity contribution in [1.82, 2.24) is 0 Å². The highest BCUT2D eigenvalue weighted by Gasteiger charge is 2.44. The third-order valence-electron chi connectivity index (χ3n) is 11.0. The van der Waals surface area contributed by atoms with Crippen molar-refractivity contribution in [2.24, 2.45) is 0 Å². The Balaban J connectivity index is 1.21. The van der Waals surface area contributed by atoms with Crippen LogP contribution in [0.5, 0.6) is 5.75 Å². The van der Waals surface area contributed by atoms with Gasteiger partial charge in [0.15, 0.2) is 0 Å². The van der Waals surface area contributed by atoms with Crippen LogP contribution in [0.2, 0.25) is 0 Å². The van der Waals surface area contributed by atoms with E-state index in [9.17, 15) is 0 Å². The number of ether oxygens (including phenoxy) is 1. The van der Waals surface area contributed by atoms with E-state index in [2.05, 4.69) is 183 Å². The van der Waals surface area contributed by atoms with Gasteiger partial charge in [-0.05, 0) is 71.5 Å². The van der Waals surface area contributed by atoms with Gasteiger partial charge in [-0.1, -0.05) is 141 Å². The smallest absolute Gasteiger partial charge is 0.135 e. The Morgan fingerprint density at radius 1 is 0.667 bits per heavy atom. The summed E-state index contributed by atoms with van der Waals surface area (Å²) in [6.07, 6.45) is 16.8. The first-order chi connectivity index (χ1) is 23.4. The minimum absolute atomic E-state index is 0.0438. The maximum Gasteiger partial charge on any atom is 0.135 e. The summed E-state index contributed by atoms with van der Waals surface area (Å²) in [6, 6.07) is 42.3. The summed E-state index contributed by atoms with van der Waals surface area (Å²) in [5.41, 5.74) is 13.3. The molecule has 0 aromatic heterocycles. The molecule has 2 heteroatoms. The molecule has 48 heavy (non-hydrogen) atoms. The topological polar surface area (TPSA) is 12.5 Å². The molecule has 3 atom stereocenters. The van der Waals surface area contributed by atoms with Gasteiger partial charge in [0.2, 0.25) is 0 Å². The fourth-order valence-corrected chi connectivity index (χ4v) is 8.47. The first kappa shape index (κ1) is 28.8. The average Bonchev–Trinajstić information content (AvgIpc) is 3.56. The number of para-hydroxylation sites is 2. The number of hydrogen-bond acceptors (Lipinski definition) is 2. The van der Waals surface area contributed by atoms with Gasteiger partial charge in [0.05, 0.1) is 5.69 Å². The molecule has 5 aromatic carbocycles. The SMILES string of the molecule is CC1(C)c2ccccc2-c2cc(N(C3=CCC(c4ccccc4)C=C3)c3ccccc3-c3cccc4c3OC3(C)C=CC=CC43)ccc21. The van der Waals surface area contributed by atoms with Gasteiger partial charge in [-0.2, -0.15) is 0 Å². The molecule has 9 rings (SSSR count). The minimum Gasteiger partial charge on any atom is -0.482 e. The van der Waals surface area contributed by atoms with Crippen LogP contribution in [0.4, 0.5) is 11.4 Å². The molecule has 0 N–H and O–H groups in total. The van der Waals surface area contributed by atoms with Crippen LogP contribution in [0.3, 0.4) is 0 Å². The maximum atomic E-state index is 6.87. The van der Waals surface area contributed by atoms with Crippen LogP contribution in [0.15, 0.2) is 163 Å². The number of nitrogens with zero attached hydrogens (tertiary/aromatic N) is 1. The quantitative estimate of drug-likeness (QED) is 0.194. The lowest BCUT2D eigenvalue weighted by Crippen LogP contribution is -2.32. The van der Waals surface area contributed by atoms with Crippen molar-refractivity contribution in [1.29, 1.82) is 0 Å². The first-order valence-electron chi connectivity index (χ1n) is 17.2. The van der Waals surface area contributed by atoms with Crippen LogP contribution in [0.25, 0.3) is 22.3 Å². The van der Waals surface area contributed by atoms with E-state index in [4.69, 9.17) is 4.74 Å². The van der Waals surface area contributed by atoms with E-state index in [0.717, 1.165) is 34.7 Å². The lowest BCUT2D eigenvalue weighted by atomic mass is 9.82. The Bertz CT molecular complexity index is 2200. The molecule has 234 valence electrons. The standard InChI is InChI=1S/C46H39NO/c1-45(2)40-20-9-7-16-35(40)39-30-34(27-28-41(39)45)47(33-25-23-32(24-26-33)31-14-5-4-6-15-31)43-22-10-8-17-36(43)37-18-13-19-38-42-21-11-12-29-46(42,3)48-44(37)38/h4-23,25-30,32,42H,24H2,1-3H3. The van der Waals surface area contributed by atoms with E-state index in [-0.39, 0.29) is 16.9 Å². The summed E-state index contributed by atoms with van der Waals surface area (Å²) in [6.45, 7) is 6.89. The molecule has 0 amide bonds. The molecule has 0 bridgehead atoms. The summed E-state index contributed by atoms with van der Waals surface area (Å²) in [5.74, 6) is 1.53. The van der Waals surface area contributed by atoms with Crippen molar-refractivity contribution < 1.29 is 4.74 Å². The molecule has 4 aliphatic rings. The van der Waals surface area contributed by atoms with Gasteiger partial charge < -0.3 is 9.64 Å². The number of rotatable bonds is 5. The van der Waals surface area contributed by atoms with E-state index >= 15 is 0 Å². The number of anilines is 2. The summed E-state index contributed by atoms with van der Waals surface area (Å²) >= 11 is 0. The second-order valence-corrected chi connectivity index (χ2v) is 14.2. The molecule has 2 nitrogen and oxygen atoms in total. The molecule has 3 unspecified atom stereocenters. The Labute approximate surface area is 284 Å². The molecule has 0 spiro atoms. The van der Waals surface area contributed by atoms with E-state index in [1.807, 2.05) is 0 Å². The van der Waals surface area contributed by atoms with Gasteiger partial charge in [-0.25, -0.2) is 0 Å². The predicted octanol–water partition coefficient (Wildman–Crippen LogP) is 11.8. The molecule has 1 aliphatic heterocycles. The van der Waals surface area contributed by atoms with Crippen molar-refractivity contribution in [3.05, 3.63) is 186 Å². The molecule has 0 saturated carbocycles. The Morgan fingerprint density at radius 2 is 1.42 bits per heavy atom. The number of allylic oxidation sites excluding steroid dienone is 5. The van der Waals surface area contributed by atoms with Crippen molar-refractivity contribution >= 4 is 11.4 Å². The van der Waals surface area contributed by atoms with Crippen LogP contribution in [0.1, 0.15) is 61.3 Å². The zero-order valence-electron chi connectivity index (χ0n) is 27.7. The normalized spacial score (nSPS) is 22.3. The Morgan fingerprint density at radius 3 is 2.25 bits per heavy atom. The first-order valence-corrected chi connectivity index (χ1v) is 17.2. The fraction of sp³-hybridized carbons (Fsp3) is 0.174. The third-order valence-corrected chi connectivity index (χ3v) is 11.0. The van der Waals surface area contributed by atoms with Crippen molar-refractivity contribution in [3.63, 3.8) is 0 Å². The van der Waals surface area contributed by atoms with Gasteiger partial charge in [0.25, 0.3) is 0 Å². The van der Waals surface area contributed by atoms with Gasteiger partial charge in [-0.15, -0.1) is 0 Å². The lowest BCUT2D eigenvalue weighted by Gasteiger charge is -2.32. The van der Waals surface area contributed by atoms with Crippen LogP contribution < -0.4 is 9.64 Å². The highest BCUT2D eigenvalue weighted by molar-refractivity contribution is 5.91. The third kappa shape index (κ3) is 4.39. The van der Waals surface area contributed by atoms with Crippen LogP contribution >= 0.6 is 0 Å². The van der Waals surface area contributed by atoms with Crippen molar-refractivity contribution in [2.75, 3.05) is 4.90 Å². The van der Waals surface area contributed by atoms with Gasteiger partial charge in [-0.3, -0.25) is 0 Å². The minimum atomic E-state index is -0.386. The van der Waals surface area contributed by atoms with Crippen LogP contribution in [-0.2, 0) is 5.41 Å². The number of benzene rings is 5.